The highest BCUT2D eigenvalue weighted by Crippen LogP contribution is 2.29. The molecule has 2 heterocycles. The quantitative estimate of drug-likeness (QED) is 0.770. The van der Waals surface area contributed by atoms with Gasteiger partial charge in [-0.2, -0.15) is 5.10 Å². The van der Waals surface area contributed by atoms with Gasteiger partial charge in [-0.25, -0.2) is 0 Å². The summed E-state index contributed by atoms with van der Waals surface area (Å²) >= 11 is 0. The van der Waals surface area contributed by atoms with E-state index in [0.29, 0.717) is 25.1 Å². The molecule has 0 saturated carbocycles. The van der Waals surface area contributed by atoms with Crippen LogP contribution in [0.3, 0.4) is 0 Å². The zero-order valence-corrected chi connectivity index (χ0v) is 14.9. The van der Waals surface area contributed by atoms with Crippen molar-refractivity contribution in [1.29, 1.82) is 0 Å². The lowest BCUT2D eigenvalue weighted by molar-refractivity contribution is -0.142. The van der Waals surface area contributed by atoms with Gasteiger partial charge in [-0.1, -0.05) is 12.1 Å². The zero-order valence-electron chi connectivity index (χ0n) is 14.9. The summed E-state index contributed by atoms with van der Waals surface area (Å²) in [6.07, 6.45) is 5.05. The van der Waals surface area contributed by atoms with Crippen LogP contribution in [0.2, 0.25) is 0 Å². The molecule has 1 aliphatic rings. The molecule has 2 aromatic rings. The van der Waals surface area contributed by atoms with Crippen LogP contribution in [-0.2, 0) is 26.3 Å². The van der Waals surface area contributed by atoms with Crippen LogP contribution in [0.5, 0.6) is 0 Å². The standard InChI is InChI=1S/C19H24N4O3/c1-2-26-17(24)14-15-5-3-6-16(13-15)22-18(25)19(7-10-20-11-8-19)23-12-4-9-21-23/h3-6,9,12-13,20H,2,7-8,10-11,14H2,1H3,(H,22,25). The zero-order chi connectivity index (χ0) is 18.4. The van der Waals surface area contributed by atoms with Crippen molar-refractivity contribution in [1.82, 2.24) is 15.1 Å². The summed E-state index contributed by atoms with van der Waals surface area (Å²) in [6, 6.07) is 9.14. The minimum atomic E-state index is -0.702. The highest BCUT2D eigenvalue weighted by atomic mass is 16.5. The molecule has 1 amide bonds. The molecule has 0 radical (unpaired) electrons. The third-order valence-corrected chi connectivity index (χ3v) is 4.63. The van der Waals surface area contributed by atoms with Crippen molar-refractivity contribution < 1.29 is 14.3 Å². The number of ether oxygens (including phenoxy) is 1. The second-order valence-electron chi connectivity index (χ2n) is 6.37. The van der Waals surface area contributed by atoms with Crippen molar-refractivity contribution in [3.63, 3.8) is 0 Å². The Morgan fingerprint density at radius 3 is 2.81 bits per heavy atom. The lowest BCUT2D eigenvalue weighted by Gasteiger charge is -2.36. The van der Waals surface area contributed by atoms with E-state index in [1.807, 2.05) is 36.5 Å². The van der Waals surface area contributed by atoms with E-state index in [1.54, 1.807) is 17.8 Å². The lowest BCUT2D eigenvalue weighted by Crippen LogP contribution is -2.52. The molecule has 1 fully saturated rings. The van der Waals surface area contributed by atoms with E-state index in [0.717, 1.165) is 18.7 Å². The van der Waals surface area contributed by atoms with Gasteiger partial charge in [0.25, 0.3) is 5.91 Å². The fourth-order valence-electron chi connectivity index (χ4n) is 3.31. The van der Waals surface area contributed by atoms with Crippen LogP contribution in [0, 0.1) is 0 Å². The molecule has 7 nitrogen and oxygen atoms in total. The number of rotatable bonds is 6. The molecule has 0 aliphatic carbocycles. The van der Waals surface area contributed by atoms with Crippen molar-refractivity contribution in [2.24, 2.45) is 0 Å². The van der Waals surface area contributed by atoms with Gasteiger partial charge in [0.1, 0.15) is 5.54 Å². The number of aromatic nitrogens is 2. The Bertz CT molecular complexity index is 752. The van der Waals surface area contributed by atoms with Gasteiger partial charge >= 0.3 is 5.97 Å². The van der Waals surface area contributed by atoms with Gasteiger partial charge in [0.05, 0.1) is 13.0 Å². The molecule has 1 aliphatic heterocycles. The van der Waals surface area contributed by atoms with Gasteiger partial charge < -0.3 is 15.4 Å². The first-order valence-electron chi connectivity index (χ1n) is 8.91. The summed E-state index contributed by atoms with van der Waals surface area (Å²) in [5.74, 6) is -0.363. The van der Waals surface area contributed by atoms with Gasteiger partial charge in [-0.3, -0.25) is 14.3 Å². The fourth-order valence-corrected chi connectivity index (χ4v) is 3.31. The van der Waals surface area contributed by atoms with Crippen LogP contribution in [0.25, 0.3) is 0 Å². The number of nitrogens with one attached hydrogen (secondary N) is 2. The van der Waals surface area contributed by atoms with Gasteiger partial charge in [0.15, 0.2) is 0 Å². The molecule has 1 saturated heterocycles. The van der Waals surface area contributed by atoms with Crippen molar-refractivity contribution in [3.8, 4) is 0 Å². The summed E-state index contributed by atoms with van der Waals surface area (Å²) < 4.78 is 6.74. The summed E-state index contributed by atoms with van der Waals surface area (Å²) in [7, 11) is 0. The predicted molar refractivity (Wildman–Crippen MR) is 97.7 cm³/mol. The van der Waals surface area contributed by atoms with Crippen LogP contribution in [0.15, 0.2) is 42.7 Å². The molecule has 1 aromatic heterocycles. The number of hydrogen-bond acceptors (Lipinski definition) is 5. The van der Waals surface area contributed by atoms with Crippen LogP contribution in [0.4, 0.5) is 5.69 Å². The molecule has 7 heteroatoms. The van der Waals surface area contributed by atoms with E-state index >= 15 is 0 Å². The number of carbonyl (C=O) groups is 2. The smallest absolute Gasteiger partial charge is 0.310 e. The summed E-state index contributed by atoms with van der Waals surface area (Å²) in [6.45, 7) is 3.66. The van der Waals surface area contributed by atoms with E-state index in [-0.39, 0.29) is 18.3 Å². The highest BCUT2D eigenvalue weighted by Gasteiger charge is 2.42. The second kappa shape index (κ2) is 8.14. The van der Waals surface area contributed by atoms with Crippen LogP contribution in [-0.4, -0.2) is 41.4 Å². The number of hydrogen-bond donors (Lipinski definition) is 2. The monoisotopic (exact) mass is 356 g/mol. The number of esters is 1. The van der Waals surface area contributed by atoms with Crippen LogP contribution < -0.4 is 10.6 Å². The number of piperidine rings is 1. The molecule has 0 spiro atoms. The van der Waals surface area contributed by atoms with Gasteiger partial charge in [-0.15, -0.1) is 0 Å². The second-order valence-corrected chi connectivity index (χ2v) is 6.37. The predicted octanol–water partition coefficient (Wildman–Crippen LogP) is 1.71. The molecule has 138 valence electrons. The largest absolute Gasteiger partial charge is 0.466 e. The first kappa shape index (κ1) is 18.1. The van der Waals surface area contributed by atoms with Crippen LogP contribution >= 0.6 is 0 Å². The average Bonchev–Trinajstić information content (AvgIpc) is 3.18. The Balaban J connectivity index is 1.77. The van der Waals surface area contributed by atoms with Crippen molar-refractivity contribution in [2.75, 3.05) is 25.0 Å². The molecule has 0 bridgehead atoms. The topological polar surface area (TPSA) is 85.2 Å². The Kier molecular flexibility index (Phi) is 5.68. The number of amides is 1. The number of benzene rings is 1. The Labute approximate surface area is 152 Å². The summed E-state index contributed by atoms with van der Waals surface area (Å²) in [5, 5.41) is 10.6. The average molecular weight is 356 g/mol. The molecule has 1 aromatic carbocycles. The summed E-state index contributed by atoms with van der Waals surface area (Å²) in [5.41, 5.74) is 0.771. The van der Waals surface area contributed by atoms with E-state index in [1.165, 1.54) is 0 Å². The lowest BCUT2D eigenvalue weighted by atomic mass is 9.87. The SMILES string of the molecule is CCOC(=O)Cc1cccc(NC(=O)C2(n3cccn3)CCNCC2)c1. The van der Waals surface area contributed by atoms with Crippen molar-refractivity contribution >= 4 is 17.6 Å². The number of anilines is 1. The molecular formula is C19H24N4O3. The van der Waals surface area contributed by atoms with Gasteiger partial charge in [0, 0.05) is 18.1 Å². The Hall–Kier alpha value is -2.67. The normalized spacial score (nSPS) is 16.0. The molecule has 0 atom stereocenters. The third kappa shape index (κ3) is 3.94. The van der Waals surface area contributed by atoms with Crippen molar-refractivity contribution in [2.45, 2.75) is 31.7 Å². The third-order valence-electron chi connectivity index (χ3n) is 4.63. The fraction of sp³-hybridized carbons (Fsp3) is 0.421. The maximum Gasteiger partial charge on any atom is 0.310 e. The first-order valence-corrected chi connectivity index (χ1v) is 8.91. The minimum Gasteiger partial charge on any atom is -0.466 e. The molecule has 0 unspecified atom stereocenters. The molecule has 3 rings (SSSR count). The van der Waals surface area contributed by atoms with Gasteiger partial charge in [-0.05, 0) is 56.6 Å². The van der Waals surface area contributed by atoms with E-state index < -0.39 is 5.54 Å². The maximum absolute atomic E-state index is 13.1. The van der Waals surface area contributed by atoms with E-state index in [9.17, 15) is 9.59 Å². The minimum absolute atomic E-state index is 0.0871. The van der Waals surface area contributed by atoms with Gasteiger partial charge in [0.2, 0.25) is 0 Å². The van der Waals surface area contributed by atoms with Crippen LogP contribution in [0.1, 0.15) is 25.3 Å². The highest BCUT2D eigenvalue weighted by molar-refractivity contribution is 5.97. The maximum atomic E-state index is 13.1. The Morgan fingerprint density at radius 2 is 2.12 bits per heavy atom. The van der Waals surface area contributed by atoms with E-state index in [4.69, 9.17) is 4.74 Å². The van der Waals surface area contributed by atoms with E-state index in [2.05, 4.69) is 15.7 Å². The molecular weight excluding hydrogens is 332 g/mol. The Morgan fingerprint density at radius 1 is 1.31 bits per heavy atom. The molecule has 2 N–H and O–H groups in total. The number of carbonyl (C=O) groups excluding carboxylic acids is 2. The number of nitrogens with zero attached hydrogens (tertiary/aromatic N) is 2. The first-order chi connectivity index (χ1) is 12.6. The summed E-state index contributed by atoms with van der Waals surface area (Å²) in [4.78, 5) is 24.8. The molecule has 26 heavy (non-hydrogen) atoms. The van der Waals surface area contributed by atoms with Crippen molar-refractivity contribution in [3.05, 3.63) is 48.3 Å².